The molecule has 0 aliphatic carbocycles. The average molecular weight is 410 g/mol. The first kappa shape index (κ1) is 22.9. The number of benzene rings is 1. The summed E-state index contributed by atoms with van der Waals surface area (Å²) in [5, 5.41) is 10.9. The van der Waals surface area contributed by atoms with Gasteiger partial charge in [-0.3, -0.25) is 4.90 Å². The summed E-state index contributed by atoms with van der Waals surface area (Å²) in [5.74, 6) is -0.427. The number of hydrogen-bond acceptors (Lipinski definition) is 5. The Kier molecular flexibility index (Phi) is 6.78. The lowest BCUT2D eigenvalue weighted by Gasteiger charge is -2.43. The molecule has 0 saturated carbocycles. The zero-order valence-corrected chi connectivity index (χ0v) is 17.9. The van der Waals surface area contributed by atoms with E-state index in [0.717, 1.165) is 0 Å². The van der Waals surface area contributed by atoms with Gasteiger partial charge in [-0.15, -0.1) is 0 Å². The molecule has 1 aliphatic rings. The molecule has 1 aliphatic heterocycles. The Hall–Kier alpha value is -2.35. The van der Waals surface area contributed by atoms with E-state index in [1.807, 2.05) is 0 Å². The first-order chi connectivity index (χ1) is 13.3. The fraction of sp³-hybridized carbons (Fsp3) is 0.619. The van der Waals surface area contributed by atoms with E-state index in [2.05, 4.69) is 0 Å². The lowest BCUT2D eigenvalue weighted by molar-refractivity contribution is -0.0402. The van der Waals surface area contributed by atoms with E-state index in [9.17, 15) is 19.1 Å². The maximum atomic E-state index is 13.3. The van der Waals surface area contributed by atoms with Crippen LogP contribution in [0.5, 0.6) is 0 Å². The van der Waals surface area contributed by atoms with Gasteiger partial charge in [-0.25, -0.2) is 14.0 Å². The molecule has 1 heterocycles. The highest BCUT2D eigenvalue weighted by atomic mass is 19.1. The van der Waals surface area contributed by atoms with Crippen LogP contribution in [0.25, 0.3) is 0 Å². The zero-order chi connectivity index (χ0) is 22.0. The monoisotopic (exact) mass is 410 g/mol. The number of carbonyl (C=O) groups is 2. The molecule has 0 radical (unpaired) electrons. The average Bonchev–Trinajstić information content (AvgIpc) is 2.58. The van der Waals surface area contributed by atoms with Crippen molar-refractivity contribution in [2.45, 2.75) is 64.9 Å². The van der Waals surface area contributed by atoms with E-state index in [4.69, 9.17) is 9.47 Å². The van der Waals surface area contributed by atoms with Gasteiger partial charge < -0.3 is 19.5 Å². The minimum absolute atomic E-state index is 0.0622. The van der Waals surface area contributed by atoms with E-state index in [-0.39, 0.29) is 19.6 Å². The second kappa shape index (κ2) is 8.57. The zero-order valence-electron chi connectivity index (χ0n) is 17.9. The van der Waals surface area contributed by atoms with Crippen molar-refractivity contribution in [2.75, 3.05) is 19.6 Å². The Morgan fingerprint density at radius 1 is 1.00 bits per heavy atom. The van der Waals surface area contributed by atoms with Crippen molar-refractivity contribution in [1.82, 2.24) is 9.80 Å². The minimum atomic E-state index is -1.13. The van der Waals surface area contributed by atoms with Crippen molar-refractivity contribution >= 4 is 12.2 Å². The van der Waals surface area contributed by atoms with Gasteiger partial charge in [0.1, 0.15) is 23.1 Å². The minimum Gasteiger partial charge on any atom is -0.444 e. The molecule has 0 aromatic heterocycles. The summed E-state index contributed by atoms with van der Waals surface area (Å²) in [7, 11) is 0. The second-order valence-electron chi connectivity index (χ2n) is 9.16. The highest BCUT2D eigenvalue weighted by Crippen LogP contribution is 2.27. The fourth-order valence-corrected chi connectivity index (χ4v) is 3.00. The van der Waals surface area contributed by atoms with Crippen molar-refractivity contribution in [3.63, 3.8) is 0 Å². The highest BCUT2D eigenvalue weighted by molar-refractivity contribution is 5.71. The molecule has 1 N–H and O–H groups in total. The maximum absolute atomic E-state index is 13.3. The third-order valence-corrected chi connectivity index (χ3v) is 4.27. The van der Waals surface area contributed by atoms with Crippen LogP contribution >= 0.6 is 0 Å². The van der Waals surface area contributed by atoms with Crippen LogP contribution in [0.4, 0.5) is 14.0 Å². The molecule has 1 fully saturated rings. The predicted octanol–water partition coefficient (Wildman–Crippen LogP) is 3.72. The number of carbonyl (C=O) groups excluding carboxylic acids is 2. The number of hydrogen-bond donors (Lipinski definition) is 1. The van der Waals surface area contributed by atoms with Crippen LogP contribution in [0.1, 0.15) is 53.2 Å². The van der Waals surface area contributed by atoms with Gasteiger partial charge in [0.15, 0.2) is 0 Å². The summed E-state index contributed by atoms with van der Waals surface area (Å²) in [6, 6.07) is 4.63. The predicted molar refractivity (Wildman–Crippen MR) is 106 cm³/mol. The van der Waals surface area contributed by atoms with Gasteiger partial charge in [0.25, 0.3) is 0 Å². The van der Waals surface area contributed by atoms with E-state index < -0.39 is 41.4 Å². The van der Waals surface area contributed by atoms with E-state index in [1.54, 1.807) is 41.5 Å². The Balaban J connectivity index is 2.26. The molecule has 2 amide bonds. The largest absolute Gasteiger partial charge is 0.444 e. The van der Waals surface area contributed by atoms with Crippen LogP contribution in [0.3, 0.4) is 0 Å². The summed E-state index contributed by atoms with van der Waals surface area (Å²) in [5.41, 5.74) is -0.925. The van der Waals surface area contributed by atoms with Crippen LogP contribution in [0.15, 0.2) is 24.3 Å². The highest BCUT2D eigenvalue weighted by Gasteiger charge is 2.40. The summed E-state index contributed by atoms with van der Waals surface area (Å²) < 4.78 is 24.2. The molecule has 1 aromatic rings. The van der Waals surface area contributed by atoms with Gasteiger partial charge in [-0.1, -0.05) is 12.1 Å². The molecule has 8 heteroatoms. The Morgan fingerprint density at radius 2 is 1.52 bits per heavy atom. The van der Waals surface area contributed by atoms with Gasteiger partial charge in [-0.2, -0.15) is 0 Å². The fourth-order valence-electron chi connectivity index (χ4n) is 3.00. The molecule has 29 heavy (non-hydrogen) atoms. The van der Waals surface area contributed by atoms with Gasteiger partial charge in [0.05, 0.1) is 6.04 Å². The number of ether oxygens (including phenoxy) is 2. The van der Waals surface area contributed by atoms with Gasteiger partial charge >= 0.3 is 12.2 Å². The van der Waals surface area contributed by atoms with Crippen molar-refractivity contribution in [2.24, 2.45) is 0 Å². The molecule has 1 aromatic carbocycles. The SMILES string of the molecule is CC(C)(C)OC(=O)N1CCN(C(=O)OC(C)(C)C)[C@@H](C(O)c2ccc(F)cc2)C1. The smallest absolute Gasteiger partial charge is 0.410 e. The number of halogens is 1. The van der Waals surface area contributed by atoms with Gasteiger partial charge in [-0.05, 0) is 59.2 Å². The molecular weight excluding hydrogens is 379 g/mol. The molecule has 2 rings (SSSR count). The molecule has 7 nitrogen and oxygen atoms in total. The molecule has 1 saturated heterocycles. The number of rotatable bonds is 2. The lowest BCUT2D eigenvalue weighted by atomic mass is 9.99. The topological polar surface area (TPSA) is 79.3 Å². The van der Waals surface area contributed by atoms with Crippen LogP contribution in [0.2, 0.25) is 0 Å². The summed E-state index contributed by atoms with van der Waals surface area (Å²) >= 11 is 0. The lowest BCUT2D eigenvalue weighted by Crippen LogP contribution is -2.59. The molecule has 0 spiro atoms. The van der Waals surface area contributed by atoms with E-state index >= 15 is 0 Å². The second-order valence-corrected chi connectivity index (χ2v) is 9.16. The van der Waals surface area contributed by atoms with Crippen LogP contribution in [0, 0.1) is 5.82 Å². The van der Waals surface area contributed by atoms with Gasteiger partial charge in [0.2, 0.25) is 0 Å². The number of piperazine rings is 1. The van der Waals surface area contributed by atoms with Crippen LogP contribution in [-0.4, -0.2) is 64.0 Å². The van der Waals surface area contributed by atoms with Crippen LogP contribution < -0.4 is 0 Å². The number of nitrogens with zero attached hydrogens (tertiary/aromatic N) is 2. The molecule has 2 atom stereocenters. The van der Waals surface area contributed by atoms with Crippen molar-refractivity contribution in [3.05, 3.63) is 35.6 Å². The third kappa shape index (κ3) is 6.59. The Labute approximate surface area is 171 Å². The maximum Gasteiger partial charge on any atom is 0.410 e. The number of aliphatic hydroxyl groups excluding tert-OH is 1. The molecular formula is C21H31FN2O5. The van der Waals surface area contributed by atoms with Crippen LogP contribution in [-0.2, 0) is 9.47 Å². The normalized spacial score (nSPS) is 19.0. The molecule has 0 bridgehead atoms. The first-order valence-electron chi connectivity index (χ1n) is 9.68. The molecule has 1 unspecified atom stereocenters. The first-order valence-corrected chi connectivity index (χ1v) is 9.68. The number of aliphatic hydroxyl groups is 1. The molecule has 162 valence electrons. The number of amides is 2. The summed E-state index contributed by atoms with van der Waals surface area (Å²) in [6.45, 7) is 11.1. The Bertz CT molecular complexity index is 724. The van der Waals surface area contributed by atoms with E-state index in [0.29, 0.717) is 5.56 Å². The van der Waals surface area contributed by atoms with Crippen molar-refractivity contribution in [3.8, 4) is 0 Å². The summed E-state index contributed by atoms with van der Waals surface area (Å²) in [6.07, 6.45) is -2.22. The van der Waals surface area contributed by atoms with Crippen molar-refractivity contribution < 1.29 is 28.6 Å². The van der Waals surface area contributed by atoms with Gasteiger partial charge in [0, 0.05) is 19.6 Å². The quantitative estimate of drug-likeness (QED) is 0.804. The Morgan fingerprint density at radius 3 is 2.03 bits per heavy atom. The summed E-state index contributed by atoms with van der Waals surface area (Å²) in [4.78, 5) is 28.1. The van der Waals surface area contributed by atoms with E-state index in [1.165, 1.54) is 34.1 Å². The van der Waals surface area contributed by atoms with Crippen molar-refractivity contribution in [1.29, 1.82) is 0 Å². The standard InChI is InChI=1S/C21H31FN2O5/c1-20(2,3)28-18(26)23-11-12-24(19(27)29-21(4,5)6)16(13-23)17(25)14-7-9-15(22)10-8-14/h7-10,16-17,25H,11-13H2,1-6H3/t16-,17?/m1/s1. The third-order valence-electron chi connectivity index (χ3n) is 4.27.